The van der Waals surface area contributed by atoms with Crippen molar-refractivity contribution in [1.29, 1.82) is 0 Å². The molecule has 0 saturated carbocycles. The number of hydrogen-bond donors (Lipinski definition) is 1. The molecule has 0 aliphatic heterocycles. The molecule has 0 aromatic carbocycles. The van der Waals surface area contributed by atoms with Crippen LogP contribution in [-0.4, -0.2) is 12.0 Å². The van der Waals surface area contributed by atoms with Crippen molar-refractivity contribution in [3.05, 3.63) is 0 Å². The van der Waals surface area contributed by atoms with Gasteiger partial charge in [0, 0.05) is 18.4 Å². The van der Waals surface area contributed by atoms with Crippen molar-refractivity contribution in [2.75, 3.05) is 0 Å². The van der Waals surface area contributed by atoms with Gasteiger partial charge in [-0.05, 0) is 6.92 Å². The summed E-state index contributed by atoms with van der Waals surface area (Å²) in [6.07, 6.45) is -0.218. The Morgan fingerprint density at radius 2 is 1.70 bits per heavy atom. The van der Waals surface area contributed by atoms with Crippen molar-refractivity contribution in [1.82, 2.24) is 0 Å². The summed E-state index contributed by atoms with van der Waals surface area (Å²) < 4.78 is 25.4. The highest BCUT2D eigenvalue weighted by atomic mass is 19.3. The smallest absolute Gasteiger partial charge is 0.251 e. The number of alkyl halides is 2. The summed E-state index contributed by atoms with van der Waals surface area (Å²) in [5, 5.41) is 0. The molecule has 0 amide bonds. The molecule has 0 fully saturated rings. The molecule has 3 heteroatoms. The molecule has 62 valence electrons. The van der Waals surface area contributed by atoms with E-state index in [-0.39, 0.29) is 6.42 Å². The van der Waals surface area contributed by atoms with Crippen molar-refractivity contribution in [2.45, 2.75) is 39.2 Å². The topological polar surface area (TPSA) is 26.0 Å². The van der Waals surface area contributed by atoms with Crippen LogP contribution in [0.2, 0.25) is 0 Å². The van der Waals surface area contributed by atoms with Gasteiger partial charge < -0.3 is 5.73 Å². The monoisotopic (exact) mass is 151 g/mol. The highest BCUT2D eigenvalue weighted by Gasteiger charge is 2.33. The lowest BCUT2D eigenvalue weighted by molar-refractivity contribution is -0.0559. The van der Waals surface area contributed by atoms with E-state index in [9.17, 15) is 8.78 Å². The van der Waals surface area contributed by atoms with E-state index in [1.54, 1.807) is 6.92 Å². The highest BCUT2D eigenvalue weighted by molar-refractivity contribution is 4.74. The van der Waals surface area contributed by atoms with E-state index in [0.29, 0.717) is 0 Å². The Hall–Kier alpha value is -0.180. The second-order valence-electron chi connectivity index (χ2n) is 3.10. The molecule has 0 aromatic rings. The first-order chi connectivity index (χ1) is 4.36. The van der Waals surface area contributed by atoms with Crippen molar-refractivity contribution >= 4 is 0 Å². The first kappa shape index (κ1) is 9.82. The van der Waals surface area contributed by atoms with Gasteiger partial charge in [-0.25, -0.2) is 8.78 Å². The molecule has 1 nitrogen and oxygen atoms in total. The maximum atomic E-state index is 12.7. The Morgan fingerprint density at radius 1 is 1.30 bits per heavy atom. The Bertz CT molecular complexity index is 99.8. The second-order valence-corrected chi connectivity index (χ2v) is 3.10. The van der Waals surface area contributed by atoms with Gasteiger partial charge in [-0.15, -0.1) is 0 Å². The Kier molecular flexibility index (Phi) is 3.22. The summed E-state index contributed by atoms with van der Waals surface area (Å²) in [4.78, 5) is 0. The molecule has 1 unspecified atom stereocenters. The van der Waals surface area contributed by atoms with Gasteiger partial charge in [-0.3, -0.25) is 0 Å². The van der Waals surface area contributed by atoms with Crippen LogP contribution in [-0.2, 0) is 0 Å². The fraction of sp³-hybridized carbons (Fsp3) is 1.00. The maximum absolute atomic E-state index is 12.7. The zero-order chi connectivity index (χ0) is 8.36. The standard InChI is InChI=1S/C7H15F2N/c1-5(2)7(8,9)4-6(3)10/h5-6H,4,10H2,1-3H3. The molecule has 0 spiro atoms. The third-order valence-electron chi connectivity index (χ3n) is 1.44. The van der Waals surface area contributed by atoms with Crippen molar-refractivity contribution in [3.8, 4) is 0 Å². The Morgan fingerprint density at radius 3 is 1.80 bits per heavy atom. The quantitative estimate of drug-likeness (QED) is 0.656. The molecule has 10 heavy (non-hydrogen) atoms. The summed E-state index contributed by atoms with van der Waals surface area (Å²) >= 11 is 0. The van der Waals surface area contributed by atoms with Crippen LogP contribution in [0.5, 0.6) is 0 Å². The molecule has 0 bridgehead atoms. The van der Waals surface area contributed by atoms with Gasteiger partial charge in [-0.2, -0.15) is 0 Å². The predicted octanol–water partition coefficient (Wildman–Crippen LogP) is 2.02. The van der Waals surface area contributed by atoms with E-state index in [4.69, 9.17) is 5.73 Å². The summed E-state index contributed by atoms with van der Waals surface area (Å²) in [6, 6.07) is -0.419. The fourth-order valence-electron chi connectivity index (χ4n) is 0.665. The van der Waals surface area contributed by atoms with Crippen LogP contribution in [0.1, 0.15) is 27.2 Å². The SMILES string of the molecule is CC(N)CC(F)(F)C(C)C. The van der Waals surface area contributed by atoms with Crippen molar-refractivity contribution < 1.29 is 8.78 Å². The molecular weight excluding hydrogens is 136 g/mol. The van der Waals surface area contributed by atoms with Gasteiger partial charge in [0.2, 0.25) is 0 Å². The summed E-state index contributed by atoms with van der Waals surface area (Å²) in [7, 11) is 0. The van der Waals surface area contributed by atoms with Crippen molar-refractivity contribution in [3.63, 3.8) is 0 Å². The molecule has 0 aliphatic carbocycles. The molecule has 0 heterocycles. The molecule has 0 radical (unpaired) electrons. The second kappa shape index (κ2) is 3.28. The third kappa shape index (κ3) is 3.11. The zero-order valence-electron chi connectivity index (χ0n) is 6.70. The van der Waals surface area contributed by atoms with E-state index < -0.39 is 17.9 Å². The van der Waals surface area contributed by atoms with E-state index >= 15 is 0 Å². The average molecular weight is 151 g/mol. The predicted molar refractivity (Wildman–Crippen MR) is 38.1 cm³/mol. The largest absolute Gasteiger partial charge is 0.328 e. The van der Waals surface area contributed by atoms with Crippen LogP contribution in [0.4, 0.5) is 8.78 Å². The number of halogens is 2. The highest BCUT2D eigenvalue weighted by Crippen LogP contribution is 2.28. The lowest BCUT2D eigenvalue weighted by atomic mass is 10.00. The summed E-state index contributed by atoms with van der Waals surface area (Å²) in [5.41, 5.74) is 5.24. The number of hydrogen-bond acceptors (Lipinski definition) is 1. The van der Waals surface area contributed by atoms with Crippen LogP contribution < -0.4 is 5.73 Å². The number of nitrogens with two attached hydrogens (primary N) is 1. The van der Waals surface area contributed by atoms with Crippen LogP contribution in [0.15, 0.2) is 0 Å². The molecule has 2 N–H and O–H groups in total. The van der Waals surface area contributed by atoms with Crippen molar-refractivity contribution in [2.24, 2.45) is 11.7 Å². The van der Waals surface area contributed by atoms with Gasteiger partial charge in [0.05, 0.1) is 0 Å². The minimum atomic E-state index is -2.60. The molecule has 1 atom stereocenters. The van der Waals surface area contributed by atoms with Gasteiger partial charge in [-0.1, -0.05) is 13.8 Å². The normalized spacial score (nSPS) is 15.9. The van der Waals surface area contributed by atoms with Gasteiger partial charge in [0.1, 0.15) is 0 Å². The van der Waals surface area contributed by atoms with E-state index in [0.717, 1.165) is 0 Å². The Balaban J connectivity index is 3.87. The average Bonchev–Trinajstić information content (AvgIpc) is 1.60. The number of rotatable bonds is 3. The molecule has 0 saturated heterocycles. The molecule has 0 rings (SSSR count). The summed E-state index contributed by atoms with van der Waals surface area (Å²) in [5.74, 6) is -3.22. The van der Waals surface area contributed by atoms with Crippen LogP contribution in [0.3, 0.4) is 0 Å². The molecule has 0 aliphatic rings. The van der Waals surface area contributed by atoms with Crippen LogP contribution in [0.25, 0.3) is 0 Å². The fourth-order valence-corrected chi connectivity index (χ4v) is 0.665. The minimum Gasteiger partial charge on any atom is -0.328 e. The van der Waals surface area contributed by atoms with Gasteiger partial charge >= 0.3 is 0 Å². The van der Waals surface area contributed by atoms with Crippen LogP contribution >= 0.6 is 0 Å². The van der Waals surface area contributed by atoms with Gasteiger partial charge in [0.25, 0.3) is 5.92 Å². The molecule has 0 aromatic heterocycles. The molecular formula is C7H15F2N. The summed E-state index contributed by atoms with van der Waals surface area (Å²) in [6.45, 7) is 4.60. The van der Waals surface area contributed by atoms with E-state index in [1.165, 1.54) is 13.8 Å². The van der Waals surface area contributed by atoms with E-state index in [1.807, 2.05) is 0 Å². The first-order valence-electron chi connectivity index (χ1n) is 3.49. The third-order valence-corrected chi connectivity index (χ3v) is 1.44. The lowest BCUT2D eigenvalue weighted by Crippen LogP contribution is -2.32. The zero-order valence-corrected chi connectivity index (χ0v) is 6.70. The van der Waals surface area contributed by atoms with Crippen LogP contribution in [0, 0.1) is 5.92 Å². The maximum Gasteiger partial charge on any atom is 0.251 e. The Labute approximate surface area is 60.6 Å². The first-order valence-corrected chi connectivity index (χ1v) is 3.49. The van der Waals surface area contributed by atoms with E-state index in [2.05, 4.69) is 0 Å². The minimum absolute atomic E-state index is 0.218. The van der Waals surface area contributed by atoms with Gasteiger partial charge in [0.15, 0.2) is 0 Å². The lowest BCUT2D eigenvalue weighted by Gasteiger charge is -2.21.